The maximum atomic E-state index is 15.9. The summed E-state index contributed by atoms with van der Waals surface area (Å²) in [5.74, 6) is -2.51. The molecule has 0 radical (unpaired) electrons. The third kappa shape index (κ3) is 6.01. The minimum atomic E-state index is -0.642. The third-order valence-corrected chi connectivity index (χ3v) is 10.9. The largest absolute Gasteiger partial charge is 0.354 e. The number of rotatable bonds is 4. The van der Waals surface area contributed by atoms with Crippen molar-refractivity contribution in [3.8, 4) is 44.5 Å². The van der Waals surface area contributed by atoms with Crippen LogP contribution in [0.15, 0.2) is 97.1 Å². The lowest BCUT2D eigenvalue weighted by molar-refractivity contribution is 0.631. The van der Waals surface area contributed by atoms with Crippen LogP contribution in [0, 0.1) is 23.3 Å². The Labute approximate surface area is 336 Å². The number of hydrogen-bond donors (Lipinski definition) is 2. The summed E-state index contributed by atoms with van der Waals surface area (Å²) in [6.45, 7) is 0. The van der Waals surface area contributed by atoms with Gasteiger partial charge in [0, 0.05) is 66.6 Å². The van der Waals surface area contributed by atoms with E-state index in [4.69, 9.17) is 56.4 Å². The van der Waals surface area contributed by atoms with Gasteiger partial charge in [-0.15, -0.1) is 0 Å². The van der Waals surface area contributed by atoms with Crippen LogP contribution in [-0.4, -0.2) is 19.9 Å². The molecule has 2 aliphatic heterocycles. The molecular weight excluding hydrogens is 802 g/mol. The molecule has 7 aromatic rings. The van der Waals surface area contributed by atoms with Crippen LogP contribution in [0.2, 0.25) is 20.1 Å². The highest BCUT2D eigenvalue weighted by atomic mass is 35.5. The van der Waals surface area contributed by atoms with E-state index in [9.17, 15) is 0 Å². The molecule has 5 heterocycles. The molecular formula is C44H22Cl4F4N4. The van der Waals surface area contributed by atoms with Gasteiger partial charge in [-0.3, -0.25) is 0 Å². The molecule has 0 aliphatic carbocycles. The first-order valence-electron chi connectivity index (χ1n) is 17.0. The summed E-state index contributed by atoms with van der Waals surface area (Å²) < 4.78 is 63.7. The zero-order valence-corrected chi connectivity index (χ0v) is 31.5. The first-order chi connectivity index (χ1) is 27.1. The van der Waals surface area contributed by atoms with Gasteiger partial charge in [0.2, 0.25) is 0 Å². The maximum absolute atomic E-state index is 15.9. The number of hydrogen-bond acceptors (Lipinski definition) is 2. The summed E-state index contributed by atoms with van der Waals surface area (Å²) in [5, 5.41) is 0.404. The van der Waals surface area contributed by atoms with Crippen LogP contribution in [-0.2, 0) is 0 Å². The van der Waals surface area contributed by atoms with E-state index in [0.717, 1.165) is 0 Å². The molecule has 0 atom stereocenters. The average Bonchev–Trinajstić information content (AvgIpc) is 4.00. The molecule has 12 heteroatoms. The van der Waals surface area contributed by atoms with Crippen molar-refractivity contribution in [2.45, 2.75) is 0 Å². The number of benzene rings is 4. The van der Waals surface area contributed by atoms with Crippen molar-refractivity contribution in [3.05, 3.63) is 163 Å². The molecule has 4 nitrogen and oxygen atoms in total. The van der Waals surface area contributed by atoms with Gasteiger partial charge in [-0.2, -0.15) is 0 Å². The fourth-order valence-corrected chi connectivity index (χ4v) is 8.23. The van der Waals surface area contributed by atoms with Gasteiger partial charge in [-0.05, 0) is 97.1 Å². The Morgan fingerprint density at radius 2 is 0.589 bits per heavy atom. The summed E-state index contributed by atoms with van der Waals surface area (Å²) in [6, 6.07) is 24.1. The van der Waals surface area contributed by atoms with Crippen molar-refractivity contribution in [1.82, 2.24) is 19.9 Å². The van der Waals surface area contributed by atoms with Crippen molar-refractivity contribution < 1.29 is 17.6 Å². The third-order valence-electron chi connectivity index (χ3n) is 9.60. The lowest BCUT2D eigenvalue weighted by Gasteiger charge is -2.10. The Morgan fingerprint density at radius 3 is 0.911 bits per heavy atom. The topological polar surface area (TPSA) is 57.4 Å². The lowest BCUT2D eigenvalue weighted by Crippen LogP contribution is -1.95. The van der Waals surface area contributed by atoms with Crippen molar-refractivity contribution >= 4 is 92.8 Å². The van der Waals surface area contributed by atoms with E-state index >= 15 is 17.6 Å². The second kappa shape index (κ2) is 14.1. The molecule has 2 N–H and O–H groups in total. The normalized spacial score (nSPS) is 12.1. The van der Waals surface area contributed by atoms with Gasteiger partial charge in [0.1, 0.15) is 23.3 Å². The van der Waals surface area contributed by atoms with Gasteiger partial charge < -0.3 is 9.97 Å². The second-order valence-corrected chi connectivity index (χ2v) is 14.5. The summed E-state index contributed by atoms with van der Waals surface area (Å²) in [5.41, 5.74) is 3.77. The number of halogens is 8. The number of fused-ring (bicyclic) bond motifs is 8. The van der Waals surface area contributed by atoms with Crippen molar-refractivity contribution in [2.75, 3.05) is 0 Å². The predicted molar refractivity (Wildman–Crippen MR) is 220 cm³/mol. The highest BCUT2D eigenvalue weighted by Crippen LogP contribution is 2.44. The molecule has 4 aromatic carbocycles. The molecule has 274 valence electrons. The Morgan fingerprint density at radius 1 is 0.321 bits per heavy atom. The highest BCUT2D eigenvalue weighted by molar-refractivity contribution is 6.35. The average molecular weight is 824 g/mol. The van der Waals surface area contributed by atoms with E-state index in [1.165, 1.54) is 48.5 Å². The fourth-order valence-electron chi connectivity index (χ4n) is 7.20. The number of H-pyrrole nitrogens is 2. The fraction of sp³-hybridized carbons (Fsp3) is 0. The smallest absolute Gasteiger partial charge is 0.132 e. The molecule has 56 heavy (non-hydrogen) atoms. The Hall–Kier alpha value is -5.64. The molecule has 0 spiro atoms. The highest BCUT2D eigenvalue weighted by Gasteiger charge is 2.25. The van der Waals surface area contributed by atoms with E-state index in [1.54, 1.807) is 72.8 Å². The van der Waals surface area contributed by atoms with Gasteiger partial charge in [-0.25, -0.2) is 27.5 Å². The van der Waals surface area contributed by atoms with Gasteiger partial charge in [-0.1, -0.05) is 70.7 Å². The van der Waals surface area contributed by atoms with Gasteiger partial charge in [0.05, 0.1) is 42.9 Å². The van der Waals surface area contributed by atoms with E-state index in [1.807, 2.05) is 0 Å². The van der Waals surface area contributed by atoms with Crippen LogP contribution in [0.5, 0.6) is 0 Å². The molecule has 0 saturated carbocycles. The SMILES string of the molecule is Fc1cccc(Cl)c1-c1c2nc(c(-c3c(F)cccc3Cl)c3ccc([nH]3)c(-c3c(F)cccc3Cl)c3ccc([nH]3)c(-c3c(F)cccc3Cl)c3nc1C=C3)C=C2. The van der Waals surface area contributed by atoms with Crippen LogP contribution in [0.1, 0.15) is 22.8 Å². The minimum absolute atomic E-state index is 0.0193. The molecule has 8 bridgehead atoms. The van der Waals surface area contributed by atoms with Gasteiger partial charge in [0.15, 0.2) is 0 Å². The zero-order valence-electron chi connectivity index (χ0n) is 28.5. The van der Waals surface area contributed by atoms with Crippen LogP contribution >= 0.6 is 46.4 Å². The number of aromatic nitrogens is 4. The minimum Gasteiger partial charge on any atom is -0.354 e. The van der Waals surface area contributed by atoms with Crippen molar-refractivity contribution in [1.29, 1.82) is 0 Å². The van der Waals surface area contributed by atoms with Crippen LogP contribution in [0.3, 0.4) is 0 Å². The second-order valence-electron chi connectivity index (χ2n) is 12.9. The summed E-state index contributed by atoms with van der Waals surface area (Å²) in [6.07, 6.45) is 6.59. The molecule has 0 amide bonds. The molecule has 3 aromatic heterocycles. The van der Waals surface area contributed by atoms with E-state index < -0.39 is 23.3 Å². The molecule has 9 rings (SSSR count). The Bertz CT molecular complexity index is 2810. The van der Waals surface area contributed by atoms with Crippen LogP contribution in [0.25, 0.3) is 90.9 Å². The first kappa shape index (κ1) is 36.0. The molecule has 2 aliphatic rings. The standard InChI is InChI=1S/C44H22Cl4F4N4/c45-21-5-1-9-25(49)37(21)41-29-13-15-31(53-29)42(38-22(46)6-2-10-26(38)50)33-17-19-35(55-33)44(40-24(48)8-4-12-28(40)52)36-20-18-34(56-36)43(32-16-14-30(41)54-32)39-23(47)7-3-11-27(39)51/h1-20,53-54H. The Balaban J connectivity index is 1.55. The molecule has 0 fully saturated rings. The van der Waals surface area contributed by atoms with Crippen molar-refractivity contribution in [3.63, 3.8) is 0 Å². The summed E-state index contributed by atoms with van der Waals surface area (Å²) in [7, 11) is 0. The lowest BCUT2D eigenvalue weighted by atomic mass is 10.0. The number of nitrogens with one attached hydrogen (secondary N) is 2. The van der Waals surface area contributed by atoms with E-state index in [-0.39, 0.29) is 81.8 Å². The zero-order chi connectivity index (χ0) is 38.8. The number of nitrogens with zero attached hydrogens (tertiary/aromatic N) is 2. The quantitative estimate of drug-likeness (QED) is 0.174. The molecule has 0 saturated heterocycles. The summed E-state index contributed by atoms with van der Waals surface area (Å²) in [4.78, 5) is 16.6. The van der Waals surface area contributed by atoms with Crippen LogP contribution < -0.4 is 0 Å². The van der Waals surface area contributed by atoms with Crippen LogP contribution in [0.4, 0.5) is 17.6 Å². The van der Waals surface area contributed by atoms with E-state index in [0.29, 0.717) is 27.6 Å². The maximum Gasteiger partial charge on any atom is 0.132 e. The molecule has 0 unspecified atom stereocenters. The van der Waals surface area contributed by atoms with E-state index in [2.05, 4.69) is 9.97 Å². The van der Waals surface area contributed by atoms with Gasteiger partial charge in [0.25, 0.3) is 0 Å². The van der Waals surface area contributed by atoms with Crippen molar-refractivity contribution in [2.24, 2.45) is 0 Å². The summed E-state index contributed by atoms with van der Waals surface area (Å²) >= 11 is 26.8. The monoisotopic (exact) mass is 822 g/mol. The Kier molecular flexibility index (Phi) is 9.10. The number of aromatic amines is 2. The predicted octanol–water partition coefficient (Wildman–Crippen LogP) is 14.5. The van der Waals surface area contributed by atoms with Gasteiger partial charge >= 0.3 is 0 Å². The first-order valence-corrected chi connectivity index (χ1v) is 18.5.